The van der Waals surface area contributed by atoms with E-state index >= 15 is 0 Å². The number of amides is 1. The summed E-state index contributed by atoms with van der Waals surface area (Å²) in [6.45, 7) is 0. The molecule has 1 aliphatic carbocycles. The Morgan fingerprint density at radius 1 is 1.12 bits per heavy atom. The van der Waals surface area contributed by atoms with Gasteiger partial charge in [-0.3, -0.25) is 4.79 Å². The number of carbonyl (C=O) groups is 1. The van der Waals surface area contributed by atoms with Gasteiger partial charge in [0.1, 0.15) is 5.82 Å². The first-order valence-corrected chi connectivity index (χ1v) is 8.95. The van der Waals surface area contributed by atoms with E-state index in [1.54, 1.807) is 12.1 Å². The Hall–Kier alpha value is -2.73. The molecule has 0 aliphatic heterocycles. The number of halogens is 1. The minimum absolute atomic E-state index is 0.0869. The zero-order valence-electron chi connectivity index (χ0n) is 13.3. The molecule has 2 aromatic carbocycles. The molecule has 1 fully saturated rings. The van der Waals surface area contributed by atoms with Crippen LogP contribution in [0.3, 0.4) is 0 Å². The van der Waals surface area contributed by atoms with Crippen molar-refractivity contribution in [3.63, 3.8) is 0 Å². The molecule has 4 rings (SSSR count). The molecule has 25 heavy (non-hydrogen) atoms. The second-order valence-electron chi connectivity index (χ2n) is 6.02. The van der Waals surface area contributed by atoms with Crippen molar-refractivity contribution in [1.82, 2.24) is 4.98 Å². The summed E-state index contributed by atoms with van der Waals surface area (Å²) >= 11 is 1.45. The Bertz CT molecular complexity index is 920. The first-order valence-electron chi connectivity index (χ1n) is 8.07. The predicted molar refractivity (Wildman–Crippen MR) is 98.6 cm³/mol. The summed E-state index contributed by atoms with van der Waals surface area (Å²) < 4.78 is 13.3. The van der Waals surface area contributed by atoms with Gasteiger partial charge in [-0.2, -0.15) is 0 Å². The molecule has 0 bridgehead atoms. The Labute approximate surface area is 148 Å². The molecule has 2 N–H and O–H groups in total. The van der Waals surface area contributed by atoms with Gasteiger partial charge in [-0.15, -0.1) is 11.3 Å². The average Bonchev–Trinajstić information content (AvgIpc) is 3.35. The lowest BCUT2D eigenvalue weighted by atomic mass is 10.1. The third kappa shape index (κ3) is 3.85. The molecular formula is C19H16FN3OS. The number of hydrogen-bond donors (Lipinski definition) is 2. The maximum Gasteiger partial charge on any atom is 0.227 e. The number of carbonyl (C=O) groups excluding carboxylic acids is 1. The molecule has 1 aromatic heterocycles. The summed E-state index contributed by atoms with van der Waals surface area (Å²) in [4.78, 5) is 16.4. The van der Waals surface area contributed by atoms with Crippen LogP contribution < -0.4 is 10.6 Å². The van der Waals surface area contributed by atoms with E-state index in [-0.39, 0.29) is 17.6 Å². The van der Waals surface area contributed by atoms with Crippen molar-refractivity contribution in [3.05, 3.63) is 59.7 Å². The summed E-state index contributed by atoms with van der Waals surface area (Å²) in [6.07, 6.45) is 1.96. The standard InChI is InChI=1S/C19H16FN3OS/c20-14-4-2-6-16(10-14)22-19-23-17(11-25-19)13-3-1-5-15(9-13)21-18(24)12-7-8-12/h1-6,9-12H,7-8H2,(H,21,24)(H,22,23). The van der Waals surface area contributed by atoms with Gasteiger partial charge in [0.15, 0.2) is 5.13 Å². The van der Waals surface area contributed by atoms with Crippen LogP contribution in [0.5, 0.6) is 0 Å². The van der Waals surface area contributed by atoms with E-state index in [0.29, 0.717) is 10.8 Å². The van der Waals surface area contributed by atoms with Crippen molar-refractivity contribution in [2.75, 3.05) is 10.6 Å². The van der Waals surface area contributed by atoms with Crippen molar-refractivity contribution in [2.24, 2.45) is 5.92 Å². The molecule has 0 atom stereocenters. The molecule has 0 radical (unpaired) electrons. The highest BCUT2D eigenvalue weighted by Crippen LogP contribution is 2.32. The molecule has 0 spiro atoms. The van der Waals surface area contributed by atoms with Crippen LogP contribution in [0.1, 0.15) is 12.8 Å². The lowest BCUT2D eigenvalue weighted by Crippen LogP contribution is -2.13. The van der Waals surface area contributed by atoms with E-state index in [4.69, 9.17) is 0 Å². The van der Waals surface area contributed by atoms with Crippen molar-refractivity contribution >= 4 is 33.8 Å². The number of anilines is 3. The lowest BCUT2D eigenvalue weighted by molar-refractivity contribution is -0.117. The Morgan fingerprint density at radius 3 is 2.72 bits per heavy atom. The quantitative estimate of drug-likeness (QED) is 0.675. The third-order valence-corrected chi connectivity index (χ3v) is 4.71. The molecule has 0 saturated heterocycles. The smallest absolute Gasteiger partial charge is 0.227 e. The van der Waals surface area contributed by atoms with Gasteiger partial charge in [0.25, 0.3) is 0 Å². The molecular weight excluding hydrogens is 337 g/mol. The van der Waals surface area contributed by atoms with E-state index in [1.807, 2.05) is 29.6 Å². The maximum atomic E-state index is 13.3. The molecule has 1 aliphatic rings. The van der Waals surface area contributed by atoms with Gasteiger partial charge in [-0.25, -0.2) is 9.37 Å². The molecule has 3 aromatic rings. The lowest BCUT2D eigenvalue weighted by Gasteiger charge is -2.06. The van der Waals surface area contributed by atoms with Crippen LogP contribution in [-0.2, 0) is 4.79 Å². The van der Waals surface area contributed by atoms with Gasteiger partial charge in [0, 0.05) is 28.2 Å². The molecule has 126 valence electrons. The number of nitrogens with one attached hydrogen (secondary N) is 2. The molecule has 6 heteroatoms. The Kier molecular flexibility index (Phi) is 4.19. The normalized spacial score (nSPS) is 13.5. The first kappa shape index (κ1) is 15.8. The monoisotopic (exact) mass is 353 g/mol. The number of benzene rings is 2. The number of aromatic nitrogens is 1. The van der Waals surface area contributed by atoms with E-state index in [0.717, 1.165) is 29.8 Å². The highest BCUT2D eigenvalue weighted by atomic mass is 32.1. The van der Waals surface area contributed by atoms with E-state index in [9.17, 15) is 9.18 Å². The predicted octanol–water partition coefficient (Wildman–Crippen LogP) is 5.04. The Balaban J connectivity index is 1.50. The zero-order valence-corrected chi connectivity index (χ0v) is 14.1. The van der Waals surface area contributed by atoms with Gasteiger partial charge in [-0.05, 0) is 43.2 Å². The average molecular weight is 353 g/mol. The second-order valence-corrected chi connectivity index (χ2v) is 6.88. The van der Waals surface area contributed by atoms with Gasteiger partial charge in [0.2, 0.25) is 5.91 Å². The summed E-state index contributed by atoms with van der Waals surface area (Å²) in [6, 6.07) is 13.9. The van der Waals surface area contributed by atoms with E-state index < -0.39 is 0 Å². The van der Waals surface area contributed by atoms with Crippen molar-refractivity contribution in [1.29, 1.82) is 0 Å². The molecule has 1 saturated carbocycles. The molecule has 4 nitrogen and oxygen atoms in total. The van der Waals surface area contributed by atoms with E-state index in [2.05, 4.69) is 15.6 Å². The highest BCUT2D eigenvalue weighted by Gasteiger charge is 2.29. The van der Waals surface area contributed by atoms with Crippen molar-refractivity contribution in [3.8, 4) is 11.3 Å². The van der Waals surface area contributed by atoms with Gasteiger partial charge >= 0.3 is 0 Å². The van der Waals surface area contributed by atoms with Gasteiger partial charge in [0.05, 0.1) is 5.69 Å². The summed E-state index contributed by atoms with van der Waals surface area (Å²) in [5.41, 5.74) is 3.18. The second kappa shape index (κ2) is 6.64. The minimum Gasteiger partial charge on any atom is -0.331 e. The molecule has 0 unspecified atom stereocenters. The zero-order chi connectivity index (χ0) is 17.2. The van der Waals surface area contributed by atoms with Crippen molar-refractivity contribution < 1.29 is 9.18 Å². The first-order chi connectivity index (χ1) is 12.2. The van der Waals surface area contributed by atoms with Crippen molar-refractivity contribution in [2.45, 2.75) is 12.8 Å². The van der Waals surface area contributed by atoms with Crippen LogP contribution in [0, 0.1) is 11.7 Å². The van der Waals surface area contributed by atoms with E-state index in [1.165, 1.54) is 23.5 Å². The van der Waals surface area contributed by atoms with Crippen LogP contribution in [-0.4, -0.2) is 10.9 Å². The van der Waals surface area contributed by atoms with Crippen LogP contribution in [0.4, 0.5) is 20.9 Å². The summed E-state index contributed by atoms with van der Waals surface area (Å²) in [5.74, 6) is -0.0326. The van der Waals surface area contributed by atoms with Crippen LogP contribution in [0.25, 0.3) is 11.3 Å². The largest absolute Gasteiger partial charge is 0.331 e. The summed E-state index contributed by atoms with van der Waals surface area (Å²) in [5, 5.41) is 8.67. The van der Waals surface area contributed by atoms with Gasteiger partial charge < -0.3 is 10.6 Å². The Morgan fingerprint density at radius 2 is 1.92 bits per heavy atom. The topological polar surface area (TPSA) is 54.0 Å². The number of thiazole rings is 1. The SMILES string of the molecule is O=C(Nc1cccc(-c2csc(Nc3cccc(F)c3)n2)c1)C1CC1. The number of hydrogen-bond acceptors (Lipinski definition) is 4. The van der Waals surface area contributed by atoms with Crippen LogP contribution in [0.15, 0.2) is 53.9 Å². The fourth-order valence-corrected chi connectivity index (χ4v) is 3.24. The number of rotatable bonds is 5. The van der Waals surface area contributed by atoms with Crippen LogP contribution in [0.2, 0.25) is 0 Å². The highest BCUT2D eigenvalue weighted by molar-refractivity contribution is 7.14. The third-order valence-electron chi connectivity index (χ3n) is 3.95. The van der Waals surface area contributed by atoms with Gasteiger partial charge in [-0.1, -0.05) is 18.2 Å². The summed E-state index contributed by atoms with van der Waals surface area (Å²) in [7, 11) is 0. The maximum absolute atomic E-state index is 13.3. The number of nitrogens with zero attached hydrogens (tertiary/aromatic N) is 1. The molecule has 1 amide bonds. The molecule has 1 heterocycles. The van der Waals surface area contributed by atoms with Crippen LogP contribution >= 0.6 is 11.3 Å². The fraction of sp³-hybridized carbons (Fsp3) is 0.158. The minimum atomic E-state index is -0.291. The fourth-order valence-electron chi connectivity index (χ4n) is 2.50.